The van der Waals surface area contributed by atoms with Crippen molar-refractivity contribution in [3.8, 4) is 5.75 Å². The van der Waals surface area contributed by atoms with Crippen molar-refractivity contribution in [1.82, 2.24) is 4.90 Å². The van der Waals surface area contributed by atoms with E-state index in [4.69, 9.17) is 4.74 Å². The molecule has 0 atom stereocenters. The van der Waals surface area contributed by atoms with E-state index in [1.54, 1.807) is 12.0 Å². The van der Waals surface area contributed by atoms with Gasteiger partial charge >= 0.3 is 0 Å². The van der Waals surface area contributed by atoms with Gasteiger partial charge in [0.25, 0.3) is 0 Å². The molecule has 2 amide bonds. The lowest BCUT2D eigenvalue weighted by molar-refractivity contribution is -0.134. The lowest BCUT2D eigenvalue weighted by Crippen LogP contribution is -2.42. The smallest absolute Gasteiger partial charge is 0.246 e. The number of methoxy groups -OCH3 is 1. The van der Waals surface area contributed by atoms with Gasteiger partial charge in [-0.15, -0.1) is 0 Å². The fourth-order valence-corrected chi connectivity index (χ4v) is 2.68. The maximum Gasteiger partial charge on any atom is 0.246 e. The highest BCUT2D eigenvalue weighted by atomic mass is 16.5. The molecule has 0 fully saturated rings. The van der Waals surface area contributed by atoms with Crippen LogP contribution < -0.4 is 9.64 Å². The van der Waals surface area contributed by atoms with Gasteiger partial charge in [0.2, 0.25) is 11.8 Å². The van der Waals surface area contributed by atoms with Gasteiger partial charge in [0.1, 0.15) is 12.3 Å². The number of para-hydroxylation sites is 2. The molecule has 5 heteroatoms. The number of nitrogens with zero attached hydrogens (tertiary/aromatic N) is 2. The molecule has 0 aliphatic heterocycles. The number of amides is 2. The summed E-state index contributed by atoms with van der Waals surface area (Å²) >= 11 is 0. The summed E-state index contributed by atoms with van der Waals surface area (Å²) in [6.07, 6.45) is 0. The van der Waals surface area contributed by atoms with Crippen molar-refractivity contribution in [2.45, 2.75) is 20.4 Å². The molecule has 25 heavy (non-hydrogen) atoms. The van der Waals surface area contributed by atoms with Crippen LogP contribution in [0.2, 0.25) is 0 Å². The second-order valence-electron chi connectivity index (χ2n) is 5.66. The molecule has 0 heterocycles. The Bertz CT molecular complexity index is 716. The van der Waals surface area contributed by atoms with Crippen LogP contribution in [0.1, 0.15) is 19.4 Å². The topological polar surface area (TPSA) is 49.9 Å². The van der Waals surface area contributed by atoms with Crippen LogP contribution in [-0.2, 0) is 16.1 Å². The van der Waals surface area contributed by atoms with Gasteiger partial charge in [-0.3, -0.25) is 9.59 Å². The zero-order valence-electron chi connectivity index (χ0n) is 14.9. The number of carbonyl (C=O) groups is 2. The Balaban J connectivity index is 2.15. The Morgan fingerprint density at radius 2 is 1.64 bits per heavy atom. The number of benzene rings is 2. The first-order chi connectivity index (χ1) is 12.1. The summed E-state index contributed by atoms with van der Waals surface area (Å²) < 4.78 is 5.34. The second-order valence-corrected chi connectivity index (χ2v) is 5.66. The van der Waals surface area contributed by atoms with Gasteiger partial charge in [-0.2, -0.15) is 0 Å². The summed E-state index contributed by atoms with van der Waals surface area (Å²) in [5, 5.41) is 0. The molecular formula is C20H24N2O3. The molecule has 0 aromatic heterocycles. The highest BCUT2D eigenvalue weighted by molar-refractivity contribution is 5.96. The van der Waals surface area contributed by atoms with Gasteiger partial charge in [0.05, 0.1) is 7.11 Å². The van der Waals surface area contributed by atoms with E-state index in [0.29, 0.717) is 18.8 Å². The number of hydrogen-bond donors (Lipinski definition) is 0. The summed E-state index contributed by atoms with van der Waals surface area (Å²) in [6, 6.07) is 17.0. The molecule has 0 bridgehead atoms. The Kier molecular flexibility index (Phi) is 6.57. The summed E-state index contributed by atoms with van der Waals surface area (Å²) in [4.78, 5) is 28.0. The maximum atomic E-state index is 12.7. The van der Waals surface area contributed by atoms with Crippen LogP contribution in [0, 0.1) is 0 Å². The fraction of sp³-hybridized carbons (Fsp3) is 0.300. The third kappa shape index (κ3) is 4.83. The molecule has 0 radical (unpaired) electrons. The van der Waals surface area contributed by atoms with Crippen LogP contribution >= 0.6 is 0 Å². The minimum atomic E-state index is -0.150. The van der Waals surface area contributed by atoms with Gasteiger partial charge in [0.15, 0.2) is 0 Å². The third-order valence-electron chi connectivity index (χ3n) is 4.01. The van der Waals surface area contributed by atoms with E-state index >= 15 is 0 Å². The first-order valence-electron chi connectivity index (χ1n) is 8.29. The van der Waals surface area contributed by atoms with Gasteiger partial charge in [-0.05, 0) is 25.1 Å². The van der Waals surface area contributed by atoms with Gasteiger partial charge in [-0.25, -0.2) is 0 Å². The first-order valence-corrected chi connectivity index (χ1v) is 8.29. The third-order valence-corrected chi connectivity index (χ3v) is 4.01. The molecule has 0 aliphatic rings. The molecular weight excluding hydrogens is 316 g/mol. The first kappa shape index (κ1) is 18.5. The van der Waals surface area contributed by atoms with E-state index in [-0.39, 0.29) is 18.4 Å². The molecule has 0 spiro atoms. The molecule has 5 nitrogen and oxygen atoms in total. The average Bonchev–Trinajstić information content (AvgIpc) is 2.63. The largest absolute Gasteiger partial charge is 0.496 e. The SMILES string of the molecule is CCN(C(=O)CN(Cc1ccccc1OC)C(C)=O)c1ccccc1. The summed E-state index contributed by atoms with van der Waals surface area (Å²) in [5.41, 5.74) is 1.70. The van der Waals surface area contributed by atoms with Gasteiger partial charge < -0.3 is 14.5 Å². The quantitative estimate of drug-likeness (QED) is 0.778. The predicted octanol–water partition coefficient (Wildman–Crippen LogP) is 3.10. The molecule has 0 aliphatic carbocycles. The molecule has 0 saturated carbocycles. The van der Waals surface area contributed by atoms with Crippen LogP contribution in [0.15, 0.2) is 54.6 Å². The average molecular weight is 340 g/mol. The van der Waals surface area contributed by atoms with Crippen molar-refractivity contribution in [2.75, 3.05) is 25.1 Å². The number of ether oxygens (including phenoxy) is 1. The van der Waals surface area contributed by atoms with E-state index in [2.05, 4.69) is 0 Å². The fourth-order valence-electron chi connectivity index (χ4n) is 2.68. The monoisotopic (exact) mass is 340 g/mol. The normalized spacial score (nSPS) is 10.2. The van der Waals surface area contributed by atoms with Crippen LogP contribution in [0.5, 0.6) is 5.75 Å². The van der Waals surface area contributed by atoms with Crippen molar-refractivity contribution in [3.63, 3.8) is 0 Å². The number of likely N-dealkylation sites (N-methyl/N-ethyl adjacent to an activating group) is 1. The van der Waals surface area contributed by atoms with E-state index in [0.717, 1.165) is 11.3 Å². The molecule has 2 rings (SSSR count). The Morgan fingerprint density at radius 3 is 2.24 bits per heavy atom. The van der Waals surface area contributed by atoms with Crippen LogP contribution in [0.25, 0.3) is 0 Å². The second kappa shape index (κ2) is 8.87. The zero-order chi connectivity index (χ0) is 18.2. The summed E-state index contributed by atoms with van der Waals surface area (Å²) in [5.74, 6) is 0.443. The summed E-state index contributed by atoms with van der Waals surface area (Å²) in [7, 11) is 1.59. The van der Waals surface area contributed by atoms with Crippen molar-refractivity contribution < 1.29 is 14.3 Å². The van der Waals surface area contributed by atoms with Crippen molar-refractivity contribution in [3.05, 3.63) is 60.2 Å². The molecule has 2 aromatic carbocycles. The zero-order valence-corrected chi connectivity index (χ0v) is 14.9. The van der Waals surface area contributed by atoms with E-state index in [1.165, 1.54) is 11.8 Å². The number of hydrogen-bond acceptors (Lipinski definition) is 3. The molecule has 132 valence electrons. The molecule has 0 N–H and O–H groups in total. The van der Waals surface area contributed by atoms with Crippen LogP contribution in [0.4, 0.5) is 5.69 Å². The summed E-state index contributed by atoms with van der Waals surface area (Å²) in [6.45, 7) is 4.29. The lowest BCUT2D eigenvalue weighted by atomic mass is 10.2. The van der Waals surface area contributed by atoms with E-state index in [9.17, 15) is 9.59 Å². The van der Waals surface area contributed by atoms with Gasteiger partial charge in [-0.1, -0.05) is 36.4 Å². The minimum absolute atomic E-state index is 0.0239. The Labute approximate surface area is 148 Å². The van der Waals surface area contributed by atoms with Gasteiger partial charge in [0, 0.05) is 31.3 Å². The standard InChI is InChI=1S/C20H24N2O3/c1-4-22(18-11-6-5-7-12-18)20(24)15-21(16(2)23)14-17-10-8-9-13-19(17)25-3/h5-13H,4,14-15H2,1-3H3. The number of rotatable bonds is 7. The van der Waals surface area contributed by atoms with Crippen LogP contribution in [0.3, 0.4) is 0 Å². The van der Waals surface area contributed by atoms with E-state index in [1.807, 2.05) is 61.5 Å². The highest BCUT2D eigenvalue weighted by Crippen LogP contribution is 2.20. The predicted molar refractivity (Wildman–Crippen MR) is 98.6 cm³/mol. The maximum absolute atomic E-state index is 12.7. The van der Waals surface area contributed by atoms with Crippen molar-refractivity contribution >= 4 is 17.5 Å². The Morgan fingerprint density at radius 1 is 1.00 bits per heavy atom. The molecule has 2 aromatic rings. The van der Waals surface area contributed by atoms with Crippen molar-refractivity contribution in [1.29, 1.82) is 0 Å². The molecule has 0 unspecified atom stereocenters. The number of carbonyl (C=O) groups excluding carboxylic acids is 2. The lowest BCUT2D eigenvalue weighted by Gasteiger charge is -2.26. The number of anilines is 1. The highest BCUT2D eigenvalue weighted by Gasteiger charge is 2.20. The van der Waals surface area contributed by atoms with E-state index < -0.39 is 0 Å². The van der Waals surface area contributed by atoms with Crippen molar-refractivity contribution in [2.24, 2.45) is 0 Å². The van der Waals surface area contributed by atoms with Crippen LogP contribution in [-0.4, -0.2) is 36.9 Å². The Hall–Kier alpha value is -2.82. The molecule has 0 saturated heterocycles. The minimum Gasteiger partial charge on any atom is -0.496 e.